The van der Waals surface area contributed by atoms with Crippen LogP contribution in [0.3, 0.4) is 0 Å². The van der Waals surface area contributed by atoms with Crippen LogP contribution in [0.2, 0.25) is 0 Å². The SMILES string of the molecule is c1cc(-c2cnco2)cc(-c2c3ccccc3c(-c3c4ccccc4c(-c4cccc(-c5cnco5)c4)c4ccccc34)c3ccccc23)c1. The third-order valence-electron chi connectivity index (χ3n) is 9.85. The van der Waals surface area contributed by atoms with E-state index in [4.69, 9.17) is 8.83 Å². The van der Waals surface area contributed by atoms with Crippen molar-refractivity contribution in [2.24, 2.45) is 0 Å². The molecule has 0 saturated carbocycles. The van der Waals surface area contributed by atoms with Gasteiger partial charge in [0.05, 0.1) is 12.4 Å². The first-order chi connectivity index (χ1) is 24.8. The highest BCUT2D eigenvalue weighted by Crippen LogP contribution is 2.50. The van der Waals surface area contributed by atoms with E-state index >= 15 is 0 Å². The highest BCUT2D eigenvalue weighted by molar-refractivity contribution is 6.30. The molecule has 50 heavy (non-hydrogen) atoms. The minimum Gasteiger partial charge on any atom is -0.444 e. The summed E-state index contributed by atoms with van der Waals surface area (Å²) in [5.41, 5.74) is 9.14. The molecule has 0 spiro atoms. The van der Waals surface area contributed by atoms with Crippen molar-refractivity contribution in [2.45, 2.75) is 0 Å². The van der Waals surface area contributed by atoms with Crippen LogP contribution in [0.15, 0.2) is 180 Å². The Labute approximate surface area is 287 Å². The first-order valence-electron chi connectivity index (χ1n) is 16.7. The predicted molar refractivity (Wildman–Crippen MR) is 204 cm³/mol. The maximum absolute atomic E-state index is 5.69. The molecule has 0 aliphatic rings. The lowest BCUT2D eigenvalue weighted by atomic mass is 9.81. The molecule has 0 N–H and O–H groups in total. The maximum atomic E-state index is 5.69. The Morgan fingerprint density at radius 3 is 0.900 bits per heavy atom. The summed E-state index contributed by atoms with van der Waals surface area (Å²) >= 11 is 0. The van der Waals surface area contributed by atoms with Gasteiger partial charge in [0.25, 0.3) is 0 Å². The lowest BCUT2D eigenvalue weighted by Gasteiger charge is -2.22. The molecule has 0 bridgehead atoms. The van der Waals surface area contributed by atoms with Crippen molar-refractivity contribution in [2.75, 3.05) is 0 Å². The molecule has 4 heteroatoms. The second-order valence-corrected chi connectivity index (χ2v) is 12.6. The van der Waals surface area contributed by atoms with E-state index in [2.05, 4.69) is 156 Å². The van der Waals surface area contributed by atoms with Crippen LogP contribution in [0.4, 0.5) is 0 Å². The van der Waals surface area contributed by atoms with Gasteiger partial charge in [-0.1, -0.05) is 133 Å². The third-order valence-corrected chi connectivity index (χ3v) is 9.85. The van der Waals surface area contributed by atoms with Gasteiger partial charge in [-0.15, -0.1) is 0 Å². The van der Waals surface area contributed by atoms with Crippen LogP contribution >= 0.6 is 0 Å². The number of hydrogen-bond acceptors (Lipinski definition) is 4. The maximum Gasteiger partial charge on any atom is 0.181 e. The Hall–Kier alpha value is -6.78. The second-order valence-electron chi connectivity index (χ2n) is 12.6. The van der Waals surface area contributed by atoms with Gasteiger partial charge in [-0.05, 0) is 88.6 Å². The summed E-state index contributed by atoms with van der Waals surface area (Å²) in [6, 6.07) is 52.5. The lowest BCUT2D eigenvalue weighted by Crippen LogP contribution is -1.94. The van der Waals surface area contributed by atoms with Crippen molar-refractivity contribution in [1.29, 1.82) is 0 Å². The zero-order valence-electron chi connectivity index (χ0n) is 26.9. The van der Waals surface area contributed by atoms with E-state index in [1.165, 1.54) is 78.1 Å². The van der Waals surface area contributed by atoms with Gasteiger partial charge >= 0.3 is 0 Å². The van der Waals surface area contributed by atoms with Gasteiger partial charge in [0.15, 0.2) is 24.3 Å². The Morgan fingerprint density at radius 1 is 0.300 bits per heavy atom. The second kappa shape index (κ2) is 11.4. The number of benzene rings is 8. The zero-order chi connectivity index (χ0) is 33.0. The average molecular weight is 641 g/mol. The Morgan fingerprint density at radius 2 is 0.600 bits per heavy atom. The van der Waals surface area contributed by atoms with E-state index in [9.17, 15) is 0 Å². The van der Waals surface area contributed by atoms with Crippen molar-refractivity contribution in [3.8, 4) is 56.0 Å². The van der Waals surface area contributed by atoms with Gasteiger partial charge in [0.2, 0.25) is 0 Å². The smallest absolute Gasteiger partial charge is 0.181 e. The van der Waals surface area contributed by atoms with E-state index in [0.29, 0.717) is 0 Å². The molecule has 0 fully saturated rings. The molecular formula is C46H28N2O2. The van der Waals surface area contributed by atoms with E-state index in [-0.39, 0.29) is 0 Å². The fraction of sp³-hybridized carbons (Fsp3) is 0. The van der Waals surface area contributed by atoms with Crippen LogP contribution < -0.4 is 0 Å². The summed E-state index contributed by atoms with van der Waals surface area (Å²) in [5.74, 6) is 1.50. The molecule has 0 unspecified atom stereocenters. The Bertz CT molecular complexity index is 2560. The molecule has 2 aromatic heterocycles. The number of hydrogen-bond donors (Lipinski definition) is 0. The first kappa shape index (κ1) is 28.3. The predicted octanol–water partition coefficient (Wildman–Crippen LogP) is 12.6. The molecule has 0 aliphatic heterocycles. The fourth-order valence-corrected chi connectivity index (χ4v) is 7.79. The van der Waals surface area contributed by atoms with Crippen LogP contribution in [0.25, 0.3) is 99.1 Å². The van der Waals surface area contributed by atoms with Gasteiger partial charge in [-0.25, -0.2) is 9.97 Å². The van der Waals surface area contributed by atoms with Crippen LogP contribution in [-0.4, -0.2) is 9.97 Å². The van der Waals surface area contributed by atoms with Gasteiger partial charge in [0, 0.05) is 11.1 Å². The summed E-state index contributed by atoms with van der Waals surface area (Å²) < 4.78 is 11.4. The van der Waals surface area contributed by atoms with Crippen molar-refractivity contribution in [3.05, 3.63) is 171 Å². The lowest BCUT2D eigenvalue weighted by molar-refractivity contribution is 0.571. The number of rotatable bonds is 5. The summed E-state index contributed by atoms with van der Waals surface area (Å²) in [5, 5.41) is 9.65. The van der Waals surface area contributed by atoms with Crippen molar-refractivity contribution in [3.63, 3.8) is 0 Å². The highest BCUT2D eigenvalue weighted by Gasteiger charge is 2.22. The number of fused-ring (bicyclic) bond motifs is 4. The molecule has 10 rings (SSSR count). The Kier molecular flexibility index (Phi) is 6.46. The molecule has 0 saturated heterocycles. The zero-order valence-corrected chi connectivity index (χ0v) is 26.9. The molecule has 8 aromatic carbocycles. The van der Waals surface area contributed by atoms with Crippen LogP contribution in [-0.2, 0) is 0 Å². The third kappa shape index (κ3) is 4.39. The molecule has 4 nitrogen and oxygen atoms in total. The molecular weight excluding hydrogens is 613 g/mol. The standard InChI is InChI=1S/C46H28N2O2/c1-5-19-37-33(15-1)43(31-13-9-11-29(23-31)41-25-47-27-49-41)34-16-2-6-20-38(34)45(37)46-39-21-7-3-17-35(39)44(36-18-4-8-22-40(36)46)32-14-10-12-30(24-32)42-26-48-28-50-42/h1-28H. The largest absolute Gasteiger partial charge is 0.444 e. The van der Waals surface area contributed by atoms with E-state index in [1.54, 1.807) is 12.4 Å². The number of nitrogens with zero attached hydrogens (tertiary/aromatic N) is 2. The summed E-state index contributed by atoms with van der Waals surface area (Å²) in [7, 11) is 0. The molecule has 234 valence electrons. The van der Waals surface area contributed by atoms with Crippen LogP contribution in [0.1, 0.15) is 0 Å². The summed E-state index contributed by atoms with van der Waals surface area (Å²) in [6.07, 6.45) is 6.50. The topological polar surface area (TPSA) is 52.1 Å². The molecule has 0 atom stereocenters. The van der Waals surface area contributed by atoms with Crippen molar-refractivity contribution in [1.82, 2.24) is 9.97 Å². The fourth-order valence-electron chi connectivity index (χ4n) is 7.79. The minimum absolute atomic E-state index is 0.751. The normalized spacial score (nSPS) is 11.6. The quantitative estimate of drug-likeness (QED) is 0.176. The summed E-state index contributed by atoms with van der Waals surface area (Å²) in [4.78, 5) is 8.33. The van der Waals surface area contributed by atoms with E-state index in [1.807, 2.05) is 0 Å². The highest BCUT2D eigenvalue weighted by atomic mass is 16.3. The molecule has 2 heterocycles. The van der Waals surface area contributed by atoms with Gasteiger partial charge in [-0.3, -0.25) is 0 Å². The van der Waals surface area contributed by atoms with Gasteiger partial charge in [-0.2, -0.15) is 0 Å². The first-order valence-corrected chi connectivity index (χ1v) is 16.7. The van der Waals surface area contributed by atoms with E-state index in [0.717, 1.165) is 33.8 Å². The number of aromatic nitrogens is 2. The van der Waals surface area contributed by atoms with Crippen molar-refractivity contribution >= 4 is 43.1 Å². The monoisotopic (exact) mass is 640 g/mol. The molecule has 0 amide bonds. The molecule has 0 radical (unpaired) electrons. The van der Waals surface area contributed by atoms with Gasteiger partial charge in [0.1, 0.15) is 0 Å². The van der Waals surface area contributed by atoms with Gasteiger partial charge < -0.3 is 8.83 Å². The molecule has 10 aromatic rings. The van der Waals surface area contributed by atoms with Crippen LogP contribution in [0, 0.1) is 0 Å². The molecule has 0 aliphatic carbocycles. The average Bonchev–Trinajstić information content (AvgIpc) is 3.93. The number of oxazole rings is 2. The Balaban J connectivity index is 1.32. The van der Waals surface area contributed by atoms with Crippen molar-refractivity contribution < 1.29 is 8.83 Å². The summed E-state index contributed by atoms with van der Waals surface area (Å²) in [6.45, 7) is 0. The minimum atomic E-state index is 0.751. The van der Waals surface area contributed by atoms with E-state index < -0.39 is 0 Å². The van der Waals surface area contributed by atoms with Crippen LogP contribution in [0.5, 0.6) is 0 Å².